The van der Waals surface area contributed by atoms with Gasteiger partial charge in [0.2, 0.25) is 0 Å². The van der Waals surface area contributed by atoms with Crippen molar-refractivity contribution in [3.63, 3.8) is 0 Å². The Balaban J connectivity index is 1.90. The summed E-state index contributed by atoms with van der Waals surface area (Å²) in [5.41, 5.74) is 2.00. The van der Waals surface area contributed by atoms with Crippen LogP contribution in [0.25, 0.3) is 5.65 Å². The van der Waals surface area contributed by atoms with Crippen LogP contribution in [0.1, 0.15) is 26.3 Å². The quantitative estimate of drug-likeness (QED) is 0.701. The number of fused-ring (bicyclic) bond motifs is 1. The van der Waals surface area contributed by atoms with Crippen LogP contribution in [0.15, 0.2) is 42.9 Å². The molecule has 108 valence electrons. The van der Waals surface area contributed by atoms with Crippen LogP contribution in [0, 0.1) is 0 Å². The highest BCUT2D eigenvalue weighted by Crippen LogP contribution is 2.33. The minimum Gasteiger partial charge on any atom is -0.454 e. The molecule has 5 heteroatoms. The second-order valence-corrected chi connectivity index (χ2v) is 6.33. The van der Waals surface area contributed by atoms with E-state index in [1.165, 1.54) is 11.9 Å². The smallest absolute Gasteiger partial charge is 0.155 e. The fraction of sp³-hybridized carbons (Fsp3) is 0.250. The van der Waals surface area contributed by atoms with E-state index >= 15 is 0 Å². The Kier molecular flexibility index (Phi) is 3.33. The lowest BCUT2D eigenvalue weighted by Crippen LogP contribution is -2.10. The summed E-state index contributed by atoms with van der Waals surface area (Å²) in [7, 11) is 0. The number of pyridine rings is 1. The van der Waals surface area contributed by atoms with E-state index in [2.05, 4.69) is 30.9 Å². The third kappa shape index (κ3) is 2.85. The highest BCUT2D eigenvalue weighted by atomic mass is 35.5. The summed E-state index contributed by atoms with van der Waals surface area (Å²) >= 11 is 6.32. The van der Waals surface area contributed by atoms with Crippen molar-refractivity contribution in [1.82, 2.24) is 14.6 Å². The molecular formula is C16H16ClN3O. The lowest BCUT2D eigenvalue weighted by atomic mass is 9.87. The maximum atomic E-state index is 6.32. The van der Waals surface area contributed by atoms with Crippen LogP contribution in [0.3, 0.4) is 0 Å². The molecule has 0 aliphatic heterocycles. The van der Waals surface area contributed by atoms with Crippen molar-refractivity contribution in [1.29, 1.82) is 0 Å². The number of benzene rings is 1. The second kappa shape index (κ2) is 5.04. The standard InChI is InChI=1S/C16H16ClN3O/c1-16(2,3)11-4-6-14(13(17)8-11)21-12-5-7-15-18-10-19-20(15)9-12/h4-10H,1-3H3. The first kappa shape index (κ1) is 13.9. The molecule has 0 amide bonds. The van der Waals surface area contributed by atoms with Crippen LogP contribution in [-0.4, -0.2) is 14.6 Å². The Morgan fingerprint density at radius 3 is 2.67 bits per heavy atom. The molecule has 2 aromatic heterocycles. The first-order valence-electron chi connectivity index (χ1n) is 6.71. The maximum absolute atomic E-state index is 6.32. The van der Waals surface area contributed by atoms with Crippen LogP contribution in [-0.2, 0) is 5.41 Å². The molecule has 0 atom stereocenters. The van der Waals surface area contributed by atoms with Crippen molar-refractivity contribution >= 4 is 17.2 Å². The van der Waals surface area contributed by atoms with Gasteiger partial charge in [0, 0.05) is 0 Å². The van der Waals surface area contributed by atoms with Crippen molar-refractivity contribution in [2.24, 2.45) is 0 Å². The molecule has 0 bridgehead atoms. The normalized spacial score (nSPS) is 11.8. The van der Waals surface area contributed by atoms with Crippen LogP contribution in [0.2, 0.25) is 5.02 Å². The van der Waals surface area contributed by atoms with Gasteiger partial charge in [0.1, 0.15) is 17.8 Å². The first-order chi connectivity index (χ1) is 9.93. The molecule has 0 aliphatic rings. The van der Waals surface area contributed by atoms with Crippen molar-refractivity contribution in [3.8, 4) is 11.5 Å². The second-order valence-electron chi connectivity index (χ2n) is 5.92. The van der Waals surface area contributed by atoms with Crippen LogP contribution in [0.4, 0.5) is 0 Å². The van der Waals surface area contributed by atoms with Gasteiger partial charge in [-0.25, -0.2) is 9.50 Å². The molecule has 0 unspecified atom stereocenters. The average molecular weight is 302 g/mol. The summed E-state index contributed by atoms with van der Waals surface area (Å²) in [5.74, 6) is 1.29. The Labute approximate surface area is 128 Å². The lowest BCUT2D eigenvalue weighted by molar-refractivity contribution is 0.477. The van der Waals surface area contributed by atoms with E-state index in [4.69, 9.17) is 16.3 Å². The van der Waals surface area contributed by atoms with Gasteiger partial charge in [0.25, 0.3) is 0 Å². The summed E-state index contributed by atoms with van der Waals surface area (Å²) in [6, 6.07) is 9.58. The number of halogens is 1. The molecule has 1 aromatic carbocycles. The van der Waals surface area contributed by atoms with Crippen LogP contribution >= 0.6 is 11.6 Å². The Morgan fingerprint density at radius 2 is 1.95 bits per heavy atom. The van der Waals surface area contributed by atoms with Crippen LogP contribution in [0.5, 0.6) is 11.5 Å². The third-order valence-corrected chi connectivity index (χ3v) is 3.57. The lowest BCUT2D eigenvalue weighted by Gasteiger charge is -2.20. The van der Waals surface area contributed by atoms with Gasteiger partial charge in [-0.05, 0) is 35.2 Å². The minimum atomic E-state index is 0.0574. The molecule has 3 rings (SSSR count). The predicted molar refractivity (Wildman–Crippen MR) is 83.2 cm³/mol. The monoisotopic (exact) mass is 301 g/mol. The zero-order valence-corrected chi connectivity index (χ0v) is 12.9. The molecule has 0 spiro atoms. The molecule has 0 saturated carbocycles. The molecule has 3 aromatic rings. The molecule has 0 radical (unpaired) electrons. The fourth-order valence-electron chi connectivity index (χ4n) is 2.04. The minimum absolute atomic E-state index is 0.0574. The predicted octanol–water partition coefficient (Wildman–Crippen LogP) is 4.47. The van der Waals surface area contributed by atoms with E-state index in [0.717, 1.165) is 5.65 Å². The topological polar surface area (TPSA) is 39.4 Å². The first-order valence-corrected chi connectivity index (χ1v) is 7.08. The highest BCUT2D eigenvalue weighted by molar-refractivity contribution is 6.32. The summed E-state index contributed by atoms with van der Waals surface area (Å²) in [5, 5.41) is 4.68. The number of hydrogen-bond donors (Lipinski definition) is 0. The Morgan fingerprint density at radius 1 is 1.14 bits per heavy atom. The fourth-order valence-corrected chi connectivity index (χ4v) is 2.25. The summed E-state index contributed by atoms with van der Waals surface area (Å²) in [6.07, 6.45) is 3.28. The Bertz CT molecular complexity index is 790. The zero-order chi connectivity index (χ0) is 15.0. The zero-order valence-electron chi connectivity index (χ0n) is 12.2. The molecule has 4 nitrogen and oxygen atoms in total. The van der Waals surface area contributed by atoms with Crippen LogP contribution < -0.4 is 4.74 Å². The number of rotatable bonds is 2. The van der Waals surface area contributed by atoms with E-state index in [9.17, 15) is 0 Å². The largest absolute Gasteiger partial charge is 0.454 e. The van der Waals surface area contributed by atoms with Gasteiger partial charge in [-0.15, -0.1) is 0 Å². The number of aromatic nitrogens is 3. The van der Waals surface area contributed by atoms with Crippen molar-refractivity contribution in [2.45, 2.75) is 26.2 Å². The molecule has 0 fully saturated rings. The summed E-state index contributed by atoms with van der Waals surface area (Å²) in [4.78, 5) is 4.09. The molecular weight excluding hydrogens is 286 g/mol. The maximum Gasteiger partial charge on any atom is 0.155 e. The van der Waals surface area contributed by atoms with Crippen molar-refractivity contribution in [2.75, 3.05) is 0 Å². The molecule has 21 heavy (non-hydrogen) atoms. The highest BCUT2D eigenvalue weighted by Gasteiger charge is 2.15. The van der Waals surface area contributed by atoms with E-state index in [-0.39, 0.29) is 5.41 Å². The van der Waals surface area contributed by atoms with E-state index in [0.29, 0.717) is 16.5 Å². The summed E-state index contributed by atoms with van der Waals surface area (Å²) < 4.78 is 7.49. The van der Waals surface area contributed by atoms with E-state index in [1.54, 1.807) is 10.7 Å². The van der Waals surface area contributed by atoms with E-state index < -0.39 is 0 Å². The molecule has 0 aliphatic carbocycles. The Hall–Kier alpha value is -2.07. The summed E-state index contributed by atoms with van der Waals surface area (Å²) in [6.45, 7) is 6.45. The van der Waals surface area contributed by atoms with Crippen molar-refractivity contribution < 1.29 is 4.74 Å². The number of hydrogen-bond acceptors (Lipinski definition) is 3. The third-order valence-electron chi connectivity index (χ3n) is 3.27. The molecule has 0 saturated heterocycles. The number of ether oxygens (including phenoxy) is 1. The van der Waals surface area contributed by atoms with Crippen molar-refractivity contribution in [3.05, 3.63) is 53.4 Å². The SMILES string of the molecule is CC(C)(C)c1ccc(Oc2ccc3ncnn3c2)c(Cl)c1. The van der Waals surface area contributed by atoms with Gasteiger partial charge < -0.3 is 4.74 Å². The van der Waals surface area contributed by atoms with E-state index in [1.807, 2.05) is 30.3 Å². The van der Waals surface area contributed by atoms with Gasteiger partial charge in [0.05, 0.1) is 11.2 Å². The average Bonchev–Trinajstić information content (AvgIpc) is 2.87. The number of nitrogens with zero attached hydrogens (tertiary/aromatic N) is 3. The van der Waals surface area contributed by atoms with Gasteiger partial charge in [-0.3, -0.25) is 0 Å². The van der Waals surface area contributed by atoms with Gasteiger partial charge >= 0.3 is 0 Å². The van der Waals surface area contributed by atoms with Gasteiger partial charge in [0.15, 0.2) is 5.65 Å². The van der Waals surface area contributed by atoms with Gasteiger partial charge in [-0.2, -0.15) is 5.10 Å². The van der Waals surface area contributed by atoms with Gasteiger partial charge in [-0.1, -0.05) is 38.4 Å². The molecule has 2 heterocycles. The molecule has 0 N–H and O–H groups in total.